The highest BCUT2D eigenvalue weighted by molar-refractivity contribution is 6.41. The number of benzene rings is 2. The van der Waals surface area contributed by atoms with Crippen LogP contribution < -0.4 is 0 Å². The molecule has 0 saturated heterocycles. The lowest BCUT2D eigenvalue weighted by Gasteiger charge is -2.20. The molecule has 0 atom stereocenters. The van der Waals surface area contributed by atoms with Crippen molar-refractivity contribution in [2.24, 2.45) is 0 Å². The normalized spacial score (nSPS) is 13.8. The summed E-state index contributed by atoms with van der Waals surface area (Å²) in [4.78, 5) is 37.4. The van der Waals surface area contributed by atoms with Gasteiger partial charge < -0.3 is 4.74 Å². The molecule has 0 spiro atoms. The smallest absolute Gasteiger partial charge is 0.338 e. The number of hydrogen-bond donors (Lipinski definition) is 0. The molecule has 2 aromatic rings. The average molecular weight is 306 g/mol. The first-order valence-electron chi connectivity index (χ1n) is 7.13. The van der Waals surface area contributed by atoms with E-state index < -0.39 is 5.97 Å². The molecule has 2 aromatic carbocycles. The van der Waals surface area contributed by atoms with Crippen molar-refractivity contribution in [3.8, 4) is 0 Å². The first kappa shape index (κ1) is 14.9. The summed E-state index contributed by atoms with van der Waals surface area (Å²) in [5, 5.41) is 0. The van der Waals surface area contributed by atoms with E-state index in [0.29, 0.717) is 22.3 Å². The van der Waals surface area contributed by atoms with Gasteiger partial charge in [0.2, 0.25) is 0 Å². The average Bonchev–Trinajstić information content (AvgIpc) is 2.60. The number of allylic oxidation sites excluding steroid dienone is 2. The second-order valence-corrected chi connectivity index (χ2v) is 5.24. The topological polar surface area (TPSA) is 60.4 Å². The van der Waals surface area contributed by atoms with Crippen molar-refractivity contribution in [3.05, 3.63) is 76.4 Å². The van der Waals surface area contributed by atoms with E-state index in [2.05, 4.69) is 0 Å². The molecular weight excluding hydrogens is 292 g/mol. The zero-order valence-electron chi connectivity index (χ0n) is 12.8. The van der Waals surface area contributed by atoms with Crippen molar-refractivity contribution in [3.63, 3.8) is 0 Å². The molecule has 0 amide bonds. The lowest BCUT2D eigenvalue weighted by atomic mass is 9.80. The molecule has 0 unspecified atom stereocenters. The zero-order chi connectivity index (χ0) is 16.6. The number of fused-ring (bicyclic) bond motifs is 1. The van der Waals surface area contributed by atoms with Gasteiger partial charge in [-0.2, -0.15) is 0 Å². The quantitative estimate of drug-likeness (QED) is 0.799. The molecule has 4 nitrogen and oxygen atoms in total. The highest BCUT2D eigenvalue weighted by atomic mass is 16.5. The molecule has 0 N–H and O–H groups in total. The number of hydrogen-bond acceptors (Lipinski definition) is 4. The third kappa shape index (κ3) is 2.28. The number of esters is 1. The summed E-state index contributed by atoms with van der Waals surface area (Å²) >= 11 is 0. The third-order valence-corrected chi connectivity index (χ3v) is 3.96. The van der Waals surface area contributed by atoms with Crippen molar-refractivity contribution in [1.29, 1.82) is 0 Å². The number of methoxy groups -OCH3 is 1. The summed E-state index contributed by atoms with van der Waals surface area (Å²) in [7, 11) is 1.28. The Morgan fingerprint density at radius 3 is 1.96 bits per heavy atom. The number of ether oxygens (including phenoxy) is 1. The summed E-state index contributed by atoms with van der Waals surface area (Å²) in [5.74, 6) is -0.996. The predicted molar refractivity (Wildman–Crippen MR) is 85.5 cm³/mol. The summed E-state index contributed by atoms with van der Waals surface area (Å²) in [6.45, 7) is 1.61. The van der Waals surface area contributed by atoms with Gasteiger partial charge in [-0.3, -0.25) is 9.59 Å². The predicted octanol–water partition coefficient (Wildman–Crippen LogP) is 3.33. The SMILES string of the molecule is COC(=O)c1ccccc1C1=C(C)C(=O)c2ccccc2C1=O. The molecule has 0 heterocycles. The molecule has 0 aromatic heterocycles. The molecule has 114 valence electrons. The maximum Gasteiger partial charge on any atom is 0.338 e. The van der Waals surface area contributed by atoms with Crippen molar-refractivity contribution in [2.75, 3.05) is 7.11 Å². The van der Waals surface area contributed by atoms with Gasteiger partial charge in [0.05, 0.1) is 12.7 Å². The second kappa shape index (κ2) is 5.65. The van der Waals surface area contributed by atoms with Crippen LogP contribution in [0.4, 0.5) is 0 Å². The Balaban J connectivity index is 2.26. The monoisotopic (exact) mass is 306 g/mol. The second-order valence-electron chi connectivity index (χ2n) is 5.24. The maximum atomic E-state index is 12.9. The van der Waals surface area contributed by atoms with Gasteiger partial charge in [-0.25, -0.2) is 4.79 Å². The maximum absolute atomic E-state index is 12.9. The Morgan fingerprint density at radius 2 is 1.35 bits per heavy atom. The fourth-order valence-electron chi connectivity index (χ4n) is 2.81. The number of ketones is 2. The van der Waals surface area contributed by atoms with Crippen molar-refractivity contribution in [1.82, 2.24) is 0 Å². The van der Waals surface area contributed by atoms with E-state index in [1.165, 1.54) is 7.11 Å². The molecule has 0 radical (unpaired) electrons. The van der Waals surface area contributed by atoms with Crippen LogP contribution in [0.15, 0.2) is 54.1 Å². The molecule has 1 aliphatic rings. The van der Waals surface area contributed by atoms with Crippen LogP contribution in [0.1, 0.15) is 43.6 Å². The van der Waals surface area contributed by atoms with Crippen LogP contribution in [0.25, 0.3) is 5.57 Å². The molecule has 0 aliphatic heterocycles. The molecule has 0 saturated carbocycles. The van der Waals surface area contributed by atoms with E-state index in [9.17, 15) is 14.4 Å². The minimum Gasteiger partial charge on any atom is -0.465 e. The van der Waals surface area contributed by atoms with Gasteiger partial charge in [-0.05, 0) is 13.0 Å². The van der Waals surface area contributed by atoms with Crippen LogP contribution in [-0.2, 0) is 4.74 Å². The van der Waals surface area contributed by atoms with E-state index in [-0.39, 0.29) is 22.7 Å². The largest absolute Gasteiger partial charge is 0.465 e. The Kier molecular flexibility index (Phi) is 3.66. The molecule has 23 heavy (non-hydrogen) atoms. The van der Waals surface area contributed by atoms with E-state index in [1.54, 1.807) is 55.5 Å². The van der Waals surface area contributed by atoms with Crippen LogP contribution in [0.2, 0.25) is 0 Å². The van der Waals surface area contributed by atoms with Gasteiger partial charge in [0.15, 0.2) is 11.6 Å². The molecule has 4 heteroatoms. The summed E-state index contributed by atoms with van der Waals surface area (Å²) in [6.07, 6.45) is 0. The number of carbonyl (C=O) groups is 3. The van der Waals surface area contributed by atoms with Crippen LogP contribution in [0, 0.1) is 0 Å². The van der Waals surface area contributed by atoms with E-state index in [1.807, 2.05) is 0 Å². The van der Waals surface area contributed by atoms with Crippen LogP contribution in [-0.4, -0.2) is 24.6 Å². The summed E-state index contributed by atoms with van der Waals surface area (Å²) in [6, 6.07) is 13.4. The van der Waals surface area contributed by atoms with Gasteiger partial charge in [0, 0.05) is 27.8 Å². The van der Waals surface area contributed by atoms with Gasteiger partial charge in [-0.15, -0.1) is 0 Å². The minimum absolute atomic E-state index is 0.199. The molecule has 0 fully saturated rings. The van der Waals surface area contributed by atoms with E-state index in [0.717, 1.165) is 0 Å². The van der Waals surface area contributed by atoms with Crippen LogP contribution >= 0.6 is 0 Å². The Labute approximate surface area is 133 Å². The third-order valence-electron chi connectivity index (χ3n) is 3.96. The summed E-state index contributed by atoms with van der Waals surface area (Å²) < 4.78 is 4.78. The fraction of sp³-hybridized carbons (Fsp3) is 0.105. The minimum atomic E-state index is -0.542. The van der Waals surface area contributed by atoms with Gasteiger partial charge >= 0.3 is 5.97 Å². The zero-order valence-corrected chi connectivity index (χ0v) is 12.8. The Hall–Kier alpha value is -3.01. The molecule has 3 rings (SSSR count). The summed E-state index contributed by atoms with van der Waals surface area (Å²) in [5.41, 5.74) is 2.04. The van der Waals surface area contributed by atoms with Gasteiger partial charge in [-0.1, -0.05) is 42.5 Å². The first-order valence-corrected chi connectivity index (χ1v) is 7.13. The van der Waals surface area contributed by atoms with Crippen molar-refractivity contribution < 1.29 is 19.1 Å². The highest BCUT2D eigenvalue weighted by Crippen LogP contribution is 2.33. The number of Topliss-reactive ketones (excluding diaryl/α,β-unsaturated/α-hetero) is 2. The fourth-order valence-corrected chi connectivity index (χ4v) is 2.81. The first-order chi connectivity index (χ1) is 11.1. The number of carbonyl (C=O) groups excluding carboxylic acids is 3. The van der Waals surface area contributed by atoms with Crippen molar-refractivity contribution >= 4 is 23.1 Å². The lowest BCUT2D eigenvalue weighted by molar-refractivity contribution is 0.0600. The van der Waals surface area contributed by atoms with Crippen LogP contribution in [0.3, 0.4) is 0 Å². The molecule has 0 bridgehead atoms. The Bertz CT molecular complexity index is 874. The van der Waals surface area contributed by atoms with E-state index >= 15 is 0 Å². The lowest BCUT2D eigenvalue weighted by Crippen LogP contribution is -2.21. The molecular formula is C19H14O4. The highest BCUT2D eigenvalue weighted by Gasteiger charge is 2.32. The van der Waals surface area contributed by atoms with E-state index in [4.69, 9.17) is 4.74 Å². The number of rotatable bonds is 2. The van der Waals surface area contributed by atoms with Gasteiger partial charge in [0.1, 0.15) is 0 Å². The van der Waals surface area contributed by atoms with Crippen LogP contribution in [0.5, 0.6) is 0 Å². The van der Waals surface area contributed by atoms with Crippen molar-refractivity contribution in [2.45, 2.75) is 6.92 Å². The van der Waals surface area contributed by atoms with Gasteiger partial charge in [0.25, 0.3) is 0 Å². The molecule has 1 aliphatic carbocycles. The standard InChI is InChI=1S/C19H14O4/c1-11-16(12-7-3-6-10-15(12)19(22)23-2)18(21)14-9-5-4-8-13(14)17(11)20/h3-10H,1-2H3. The Morgan fingerprint density at radius 1 is 0.826 bits per heavy atom.